The highest BCUT2D eigenvalue weighted by Crippen LogP contribution is 2.30. The van der Waals surface area contributed by atoms with Gasteiger partial charge in [0.15, 0.2) is 5.82 Å². The minimum atomic E-state index is -0.0802. The third-order valence-corrected chi connectivity index (χ3v) is 7.41. The lowest BCUT2D eigenvalue weighted by molar-refractivity contribution is 0.0944. The van der Waals surface area contributed by atoms with Crippen molar-refractivity contribution < 1.29 is 4.79 Å². The van der Waals surface area contributed by atoms with Crippen LogP contribution in [0.2, 0.25) is 5.02 Å². The van der Waals surface area contributed by atoms with Crippen molar-refractivity contribution in [2.75, 3.05) is 30.3 Å². The fourth-order valence-electron chi connectivity index (χ4n) is 3.97. The number of hydrogen-bond acceptors (Lipinski definition) is 7. The van der Waals surface area contributed by atoms with Crippen molar-refractivity contribution in [2.45, 2.75) is 38.0 Å². The summed E-state index contributed by atoms with van der Waals surface area (Å²) in [4.78, 5) is 22.8. The van der Waals surface area contributed by atoms with E-state index in [4.69, 9.17) is 11.6 Å². The molecule has 1 aromatic heterocycles. The second-order valence-corrected chi connectivity index (χ2v) is 10.4. The maximum Gasteiger partial charge on any atom is 0.251 e. The molecule has 0 saturated carbocycles. The Hall–Kier alpha value is -3.07. The maximum atomic E-state index is 12.7. The van der Waals surface area contributed by atoms with Crippen LogP contribution in [0.1, 0.15) is 42.1 Å². The van der Waals surface area contributed by atoms with Crippen molar-refractivity contribution in [3.63, 3.8) is 0 Å². The zero-order valence-corrected chi connectivity index (χ0v) is 22.8. The summed E-state index contributed by atoms with van der Waals surface area (Å²) in [6.45, 7) is 6.93. The molecule has 0 aliphatic carbocycles. The van der Waals surface area contributed by atoms with Gasteiger partial charge in [-0.1, -0.05) is 48.5 Å². The molecule has 1 saturated heterocycles. The number of carbonyl (C=O) groups is 1. The summed E-state index contributed by atoms with van der Waals surface area (Å²) < 4.78 is 0. The van der Waals surface area contributed by atoms with Crippen molar-refractivity contribution in [3.05, 3.63) is 76.3 Å². The fourth-order valence-corrected chi connectivity index (χ4v) is 4.99. The summed E-state index contributed by atoms with van der Waals surface area (Å²) >= 11 is 8.09. The standard InChI is InChI=1S/C28H33ClN6OS/c1-3-4-14-37-25-16-23(9-8-19(25)2)33-26-24(29)18-32-28(35-26)34-22-7-5-6-21(15-22)27(36)31-17-20-10-12-30-13-11-20/h4-9,14-16,18,20,30H,3,10-13,17H2,1-2H3,(H,31,36)(H2,32,33,34,35). The number of benzene rings is 2. The topological polar surface area (TPSA) is 91.0 Å². The second kappa shape index (κ2) is 13.5. The number of thioether (sulfide) groups is 1. The first-order valence-electron chi connectivity index (χ1n) is 12.6. The predicted octanol–water partition coefficient (Wildman–Crippen LogP) is 6.67. The Morgan fingerprint density at radius 2 is 1.97 bits per heavy atom. The zero-order valence-electron chi connectivity index (χ0n) is 21.2. The van der Waals surface area contributed by atoms with Gasteiger partial charge in [0.05, 0.1) is 6.20 Å². The summed E-state index contributed by atoms with van der Waals surface area (Å²) in [6.07, 6.45) is 6.87. The number of piperidine rings is 1. The summed E-state index contributed by atoms with van der Waals surface area (Å²) in [5.74, 6) is 1.32. The van der Waals surface area contributed by atoms with E-state index in [2.05, 4.69) is 68.7 Å². The van der Waals surface area contributed by atoms with Gasteiger partial charge in [-0.3, -0.25) is 4.79 Å². The second-order valence-electron chi connectivity index (χ2n) is 9.00. The van der Waals surface area contributed by atoms with E-state index in [-0.39, 0.29) is 5.91 Å². The number of nitrogens with zero attached hydrogens (tertiary/aromatic N) is 2. The molecule has 0 atom stereocenters. The Bertz CT molecular complexity index is 1250. The molecule has 2 heterocycles. The van der Waals surface area contributed by atoms with Gasteiger partial charge in [-0.05, 0) is 86.5 Å². The Labute approximate surface area is 227 Å². The third kappa shape index (κ3) is 7.95. The van der Waals surface area contributed by atoms with Crippen LogP contribution in [0.15, 0.2) is 65.0 Å². The number of rotatable bonds is 10. The van der Waals surface area contributed by atoms with Gasteiger partial charge in [0.2, 0.25) is 5.95 Å². The van der Waals surface area contributed by atoms with Crippen LogP contribution >= 0.6 is 23.4 Å². The SMILES string of the molecule is CCC=CSc1cc(Nc2nc(Nc3cccc(C(=O)NCC4CCNCC4)c3)ncc2Cl)ccc1C. The molecule has 1 fully saturated rings. The van der Waals surface area contributed by atoms with Crippen LogP contribution in [-0.4, -0.2) is 35.5 Å². The van der Waals surface area contributed by atoms with Gasteiger partial charge in [0.25, 0.3) is 5.91 Å². The van der Waals surface area contributed by atoms with E-state index in [0.717, 1.165) is 48.6 Å². The van der Waals surface area contributed by atoms with Gasteiger partial charge in [-0.2, -0.15) is 4.98 Å². The van der Waals surface area contributed by atoms with Crippen LogP contribution in [0, 0.1) is 12.8 Å². The minimum Gasteiger partial charge on any atom is -0.352 e. The number of amides is 1. The zero-order chi connectivity index (χ0) is 26.0. The molecule has 0 bridgehead atoms. The lowest BCUT2D eigenvalue weighted by Gasteiger charge is -2.22. The van der Waals surface area contributed by atoms with E-state index < -0.39 is 0 Å². The molecular formula is C28H33ClN6OS. The van der Waals surface area contributed by atoms with Crippen molar-refractivity contribution in [1.82, 2.24) is 20.6 Å². The molecule has 0 radical (unpaired) electrons. The molecule has 1 amide bonds. The van der Waals surface area contributed by atoms with E-state index in [1.165, 1.54) is 5.56 Å². The average molecular weight is 537 g/mol. The maximum absolute atomic E-state index is 12.7. The number of aryl methyl sites for hydroxylation is 1. The molecule has 1 aliphatic rings. The molecule has 2 aromatic carbocycles. The lowest BCUT2D eigenvalue weighted by atomic mass is 9.98. The summed E-state index contributed by atoms with van der Waals surface area (Å²) in [6, 6.07) is 13.5. The first-order chi connectivity index (χ1) is 18.0. The Kier molecular flexibility index (Phi) is 9.82. The highest BCUT2D eigenvalue weighted by atomic mass is 35.5. The monoisotopic (exact) mass is 536 g/mol. The molecule has 4 rings (SSSR count). The Morgan fingerprint density at radius 3 is 2.78 bits per heavy atom. The third-order valence-electron chi connectivity index (χ3n) is 6.11. The van der Waals surface area contributed by atoms with Gasteiger partial charge >= 0.3 is 0 Å². The first-order valence-corrected chi connectivity index (χ1v) is 13.9. The molecule has 194 valence electrons. The highest BCUT2D eigenvalue weighted by Gasteiger charge is 2.15. The average Bonchev–Trinajstić information content (AvgIpc) is 2.92. The lowest BCUT2D eigenvalue weighted by Crippen LogP contribution is -2.35. The first kappa shape index (κ1) is 27.0. The van der Waals surface area contributed by atoms with E-state index in [1.54, 1.807) is 30.1 Å². The van der Waals surface area contributed by atoms with Crippen LogP contribution in [0.3, 0.4) is 0 Å². The number of hydrogen-bond donors (Lipinski definition) is 4. The quantitative estimate of drug-likeness (QED) is 0.215. The Morgan fingerprint density at radius 1 is 1.16 bits per heavy atom. The van der Waals surface area contributed by atoms with Gasteiger partial charge in [0, 0.05) is 28.4 Å². The van der Waals surface area contributed by atoms with Crippen LogP contribution in [0.5, 0.6) is 0 Å². The number of halogens is 1. The number of anilines is 4. The molecular weight excluding hydrogens is 504 g/mol. The van der Waals surface area contributed by atoms with Crippen molar-refractivity contribution in [2.24, 2.45) is 5.92 Å². The molecule has 1 aliphatic heterocycles. The van der Waals surface area contributed by atoms with E-state index in [9.17, 15) is 4.79 Å². The van der Waals surface area contributed by atoms with Crippen molar-refractivity contribution >= 4 is 52.4 Å². The number of nitrogens with one attached hydrogen (secondary N) is 4. The fraction of sp³-hybridized carbons (Fsp3) is 0.321. The van der Waals surface area contributed by atoms with Crippen LogP contribution < -0.4 is 21.3 Å². The van der Waals surface area contributed by atoms with Crippen LogP contribution in [0.4, 0.5) is 23.1 Å². The molecule has 3 aromatic rings. The van der Waals surface area contributed by atoms with Crippen LogP contribution in [0.25, 0.3) is 0 Å². The molecule has 0 spiro atoms. The van der Waals surface area contributed by atoms with E-state index in [1.807, 2.05) is 18.2 Å². The van der Waals surface area contributed by atoms with Gasteiger partial charge in [-0.15, -0.1) is 0 Å². The Balaban J connectivity index is 1.42. The number of aromatic nitrogens is 2. The van der Waals surface area contributed by atoms with Crippen LogP contribution in [-0.2, 0) is 0 Å². The van der Waals surface area contributed by atoms with Crippen molar-refractivity contribution in [3.8, 4) is 0 Å². The van der Waals surface area contributed by atoms with E-state index in [0.29, 0.717) is 34.8 Å². The van der Waals surface area contributed by atoms with Gasteiger partial charge < -0.3 is 21.3 Å². The van der Waals surface area contributed by atoms with E-state index >= 15 is 0 Å². The molecule has 7 nitrogen and oxygen atoms in total. The van der Waals surface area contributed by atoms with Gasteiger partial charge in [-0.25, -0.2) is 4.98 Å². The summed E-state index contributed by atoms with van der Waals surface area (Å²) in [5, 5.41) is 15.4. The summed E-state index contributed by atoms with van der Waals surface area (Å²) in [5.41, 5.74) is 3.40. The smallest absolute Gasteiger partial charge is 0.251 e. The van der Waals surface area contributed by atoms with Gasteiger partial charge in [0.1, 0.15) is 5.02 Å². The molecule has 4 N–H and O–H groups in total. The molecule has 37 heavy (non-hydrogen) atoms. The van der Waals surface area contributed by atoms with Crippen molar-refractivity contribution in [1.29, 1.82) is 0 Å². The number of allylic oxidation sites excluding steroid dienone is 1. The molecule has 0 unspecified atom stereocenters. The number of carbonyl (C=O) groups excluding carboxylic acids is 1. The summed E-state index contributed by atoms with van der Waals surface area (Å²) in [7, 11) is 0. The predicted molar refractivity (Wildman–Crippen MR) is 154 cm³/mol. The molecule has 9 heteroatoms. The minimum absolute atomic E-state index is 0.0802. The largest absolute Gasteiger partial charge is 0.352 e. The normalized spacial score (nSPS) is 14.0. The highest BCUT2D eigenvalue weighted by molar-refractivity contribution is 8.02.